The highest BCUT2D eigenvalue weighted by atomic mass is 79.9. The lowest BCUT2D eigenvalue weighted by Gasteiger charge is -1.92. The third-order valence-corrected chi connectivity index (χ3v) is 4.45. The second-order valence-electron chi connectivity index (χ2n) is 2.15. The highest BCUT2D eigenvalue weighted by molar-refractivity contribution is 9.13. The van der Waals surface area contributed by atoms with Gasteiger partial charge in [-0.3, -0.25) is 0 Å². The van der Waals surface area contributed by atoms with Gasteiger partial charge in [-0.25, -0.2) is 4.98 Å². The van der Waals surface area contributed by atoms with Crippen molar-refractivity contribution in [3.05, 3.63) is 32.9 Å². The van der Waals surface area contributed by atoms with Gasteiger partial charge in [-0.15, -0.1) is 0 Å². The van der Waals surface area contributed by atoms with Crippen LogP contribution in [-0.2, 0) is 0 Å². The van der Waals surface area contributed by atoms with Gasteiger partial charge in [0.05, 0.1) is 0 Å². The first-order chi connectivity index (χ1) is 5.77. The summed E-state index contributed by atoms with van der Waals surface area (Å²) in [5.41, 5.74) is 0. The first-order valence-electron chi connectivity index (χ1n) is 3.22. The Balaban J connectivity index is 2.48. The number of rotatable bonds is 1. The summed E-state index contributed by atoms with van der Waals surface area (Å²) < 4.78 is 3.85. The van der Waals surface area contributed by atoms with Crippen molar-refractivity contribution in [2.75, 3.05) is 0 Å². The Bertz CT molecular complexity index is 361. The number of hydrogen-bond acceptors (Lipinski definition) is 2. The van der Waals surface area contributed by atoms with Crippen LogP contribution < -0.4 is 0 Å². The zero-order valence-corrected chi connectivity index (χ0v) is 9.86. The molecule has 0 bridgehead atoms. The predicted molar refractivity (Wildman–Crippen MR) is 56.8 cm³/mol. The van der Waals surface area contributed by atoms with Gasteiger partial charge in [0, 0.05) is 12.4 Å². The van der Waals surface area contributed by atoms with E-state index >= 15 is 0 Å². The lowest BCUT2D eigenvalue weighted by Crippen LogP contribution is -1.86. The van der Waals surface area contributed by atoms with Crippen LogP contribution >= 0.6 is 43.2 Å². The number of thiazole rings is 1. The molecule has 12 heavy (non-hydrogen) atoms. The smallest absolute Gasteiger partial charge is 0.195 e. The van der Waals surface area contributed by atoms with Gasteiger partial charge in [0.25, 0.3) is 0 Å². The minimum Gasteiger partial charge on any atom is -0.300 e. The van der Waals surface area contributed by atoms with Crippen molar-refractivity contribution in [2.24, 2.45) is 0 Å². The fourth-order valence-corrected chi connectivity index (χ4v) is 2.55. The molecule has 5 heteroatoms. The van der Waals surface area contributed by atoms with Crippen LogP contribution in [0, 0.1) is 0 Å². The van der Waals surface area contributed by atoms with E-state index in [1.165, 1.54) is 0 Å². The molecule has 62 valence electrons. The second kappa shape index (κ2) is 3.32. The van der Waals surface area contributed by atoms with Crippen LogP contribution in [0.1, 0.15) is 0 Å². The first-order valence-corrected chi connectivity index (χ1v) is 5.63. The minimum atomic E-state index is 0.858. The van der Waals surface area contributed by atoms with E-state index < -0.39 is 0 Å². The number of hydrogen-bond donors (Lipinski definition) is 0. The van der Waals surface area contributed by atoms with Crippen LogP contribution in [0.15, 0.2) is 32.9 Å². The van der Waals surface area contributed by atoms with E-state index in [2.05, 4.69) is 36.8 Å². The van der Waals surface area contributed by atoms with Crippen molar-refractivity contribution in [2.45, 2.75) is 0 Å². The molecule has 0 aliphatic carbocycles. The summed E-state index contributed by atoms with van der Waals surface area (Å²) >= 11 is 8.33. The third kappa shape index (κ3) is 1.48. The third-order valence-electron chi connectivity index (χ3n) is 1.36. The molecule has 2 nitrogen and oxygen atoms in total. The normalized spacial score (nSPS) is 10.5. The molecule has 0 atom stereocenters. The van der Waals surface area contributed by atoms with Gasteiger partial charge in [0.15, 0.2) is 5.13 Å². The van der Waals surface area contributed by atoms with Crippen molar-refractivity contribution < 1.29 is 0 Å². The van der Waals surface area contributed by atoms with Gasteiger partial charge in [0.1, 0.15) is 8.39 Å². The van der Waals surface area contributed by atoms with E-state index in [-0.39, 0.29) is 0 Å². The Labute approximate surface area is 90.5 Å². The van der Waals surface area contributed by atoms with Crippen LogP contribution in [0.3, 0.4) is 0 Å². The van der Waals surface area contributed by atoms with Gasteiger partial charge >= 0.3 is 0 Å². The van der Waals surface area contributed by atoms with Crippen molar-refractivity contribution in [3.8, 4) is 5.13 Å². The summed E-state index contributed by atoms with van der Waals surface area (Å²) in [6, 6.07) is 3.95. The average molecular weight is 308 g/mol. The van der Waals surface area contributed by atoms with Crippen molar-refractivity contribution in [3.63, 3.8) is 0 Å². The Hall–Kier alpha value is -0.130. The van der Waals surface area contributed by atoms with Crippen molar-refractivity contribution in [1.82, 2.24) is 9.55 Å². The monoisotopic (exact) mass is 306 g/mol. The van der Waals surface area contributed by atoms with Crippen LogP contribution in [0.2, 0.25) is 0 Å². The molecule has 0 aliphatic heterocycles. The van der Waals surface area contributed by atoms with Gasteiger partial charge < -0.3 is 4.57 Å². The molecule has 2 rings (SSSR count). The van der Waals surface area contributed by atoms with Gasteiger partial charge in [-0.2, -0.15) is 0 Å². The topological polar surface area (TPSA) is 17.8 Å². The molecular weight excluding hydrogens is 304 g/mol. The standard InChI is InChI=1S/C7H4Br2N2S/c8-5-6(9)12-7(10-5)11-3-1-2-4-11/h1-4H. The fourth-order valence-electron chi connectivity index (χ4n) is 0.845. The van der Waals surface area contributed by atoms with Gasteiger partial charge in [-0.1, -0.05) is 11.3 Å². The fraction of sp³-hybridized carbons (Fsp3) is 0. The summed E-state index contributed by atoms with van der Waals surface area (Å²) in [6.07, 6.45) is 3.94. The van der Waals surface area contributed by atoms with Gasteiger partial charge in [-0.05, 0) is 44.0 Å². The zero-order chi connectivity index (χ0) is 8.55. The van der Waals surface area contributed by atoms with Crippen LogP contribution in [0.5, 0.6) is 0 Å². The number of nitrogens with zero attached hydrogens (tertiary/aromatic N) is 2. The minimum absolute atomic E-state index is 0.858. The van der Waals surface area contributed by atoms with Gasteiger partial charge in [0.2, 0.25) is 0 Å². The summed E-state index contributed by atoms with van der Waals surface area (Å²) in [4.78, 5) is 4.30. The van der Waals surface area contributed by atoms with Crippen molar-refractivity contribution in [1.29, 1.82) is 0 Å². The molecule has 0 N–H and O–H groups in total. The Morgan fingerprint density at radius 3 is 2.42 bits per heavy atom. The SMILES string of the molecule is Brc1nc(-n2cccc2)sc1Br. The summed E-state index contributed by atoms with van der Waals surface area (Å²) in [6.45, 7) is 0. The lowest BCUT2D eigenvalue weighted by atomic mass is 10.7. The van der Waals surface area contributed by atoms with E-state index in [4.69, 9.17) is 0 Å². The summed E-state index contributed by atoms with van der Waals surface area (Å²) in [5, 5.41) is 0.957. The molecule has 0 saturated heterocycles. The summed E-state index contributed by atoms with van der Waals surface area (Å²) in [7, 11) is 0. The van der Waals surface area contributed by atoms with Crippen LogP contribution in [0.4, 0.5) is 0 Å². The molecule has 0 fully saturated rings. The maximum absolute atomic E-state index is 4.30. The van der Waals surface area contributed by atoms with E-state index in [0.29, 0.717) is 0 Å². The molecule has 0 spiro atoms. The van der Waals surface area contributed by atoms with E-state index in [0.717, 1.165) is 13.5 Å². The predicted octanol–water partition coefficient (Wildman–Crippen LogP) is 3.46. The van der Waals surface area contributed by atoms with Crippen molar-refractivity contribution >= 4 is 43.2 Å². The lowest BCUT2D eigenvalue weighted by molar-refractivity contribution is 1.04. The number of aromatic nitrogens is 2. The largest absolute Gasteiger partial charge is 0.300 e. The maximum atomic E-state index is 4.30. The van der Waals surface area contributed by atoms with Crippen LogP contribution in [-0.4, -0.2) is 9.55 Å². The Morgan fingerprint density at radius 1 is 1.25 bits per heavy atom. The second-order valence-corrected chi connectivity index (χ2v) is 5.20. The molecule has 0 aromatic carbocycles. The quantitative estimate of drug-likeness (QED) is 0.789. The molecule has 0 radical (unpaired) electrons. The maximum Gasteiger partial charge on any atom is 0.195 e. The van der Waals surface area contributed by atoms with E-state index in [1.54, 1.807) is 11.3 Å². The van der Waals surface area contributed by atoms with E-state index in [1.807, 2.05) is 29.1 Å². The Morgan fingerprint density at radius 2 is 1.92 bits per heavy atom. The molecule has 2 aromatic heterocycles. The molecule has 2 aromatic rings. The first kappa shape index (κ1) is 8.47. The highest BCUT2D eigenvalue weighted by Crippen LogP contribution is 2.30. The number of halogens is 2. The molecular formula is C7H4Br2N2S. The molecule has 0 amide bonds. The molecule has 0 saturated carbocycles. The highest BCUT2D eigenvalue weighted by Gasteiger charge is 2.05. The molecule has 2 heterocycles. The van der Waals surface area contributed by atoms with Crippen LogP contribution in [0.25, 0.3) is 5.13 Å². The average Bonchev–Trinajstić information content (AvgIpc) is 2.61. The summed E-state index contributed by atoms with van der Waals surface area (Å²) in [5.74, 6) is 0. The molecule has 0 aliphatic rings. The zero-order valence-electron chi connectivity index (χ0n) is 5.87. The Kier molecular flexibility index (Phi) is 2.34. The van der Waals surface area contributed by atoms with E-state index in [9.17, 15) is 0 Å². The molecule has 0 unspecified atom stereocenters.